The van der Waals surface area contributed by atoms with Gasteiger partial charge in [0.1, 0.15) is 18.5 Å². The van der Waals surface area contributed by atoms with Crippen molar-refractivity contribution in [3.05, 3.63) is 97.6 Å². The van der Waals surface area contributed by atoms with E-state index in [2.05, 4.69) is 10.6 Å². The molecule has 4 aromatic rings. The monoisotopic (exact) mass is 753 g/mol. The number of primary amides is 1. The third kappa shape index (κ3) is 6.40. The van der Waals surface area contributed by atoms with Crippen molar-refractivity contribution in [3.63, 3.8) is 0 Å². The normalized spacial score (nSPS) is 18.4. The third-order valence-corrected chi connectivity index (χ3v) is 10.9. The zero-order valence-electron chi connectivity index (χ0n) is 30.2. The van der Waals surface area contributed by atoms with E-state index in [0.717, 1.165) is 0 Å². The predicted octanol–water partition coefficient (Wildman–Crippen LogP) is 0.631. The van der Waals surface area contributed by atoms with Crippen LogP contribution < -0.4 is 27.7 Å². The lowest BCUT2D eigenvalue weighted by Gasteiger charge is -2.38. The lowest BCUT2D eigenvalue weighted by Crippen LogP contribution is -2.54. The second kappa shape index (κ2) is 14.3. The van der Waals surface area contributed by atoms with Gasteiger partial charge in [-0.1, -0.05) is 37.3 Å². The number of halogens is 1. The van der Waals surface area contributed by atoms with E-state index in [1.807, 2.05) is 0 Å². The molecule has 0 saturated heterocycles. The smallest absolute Gasteiger partial charge is 0.343 e. The first-order valence-corrected chi connectivity index (χ1v) is 18.0. The third-order valence-electron chi connectivity index (χ3n) is 10.9. The number of rotatable bonds is 11. The van der Waals surface area contributed by atoms with Gasteiger partial charge in [-0.3, -0.25) is 24.0 Å². The minimum atomic E-state index is -2.08. The first-order valence-electron chi connectivity index (χ1n) is 18.0. The summed E-state index contributed by atoms with van der Waals surface area (Å²) >= 11 is 0. The summed E-state index contributed by atoms with van der Waals surface area (Å²) in [5.74, 6) is -4.09. The summed E-state index contributed by atoms with van der Waals surface area (Å²) < 4.78 is 22.2. The van der Waals surface area contributed by atoms with Gasteiger partial charge in [0.25, 0.3) is 5.56 Å². The van der Waals surface area contributed by atoms with Crippen molar-refractivity contribution in [2.75, 3.05) is 19.6 Å². The number of aromatic nitrogens is 2. The first kappa shape index (κ1) is 37.3. The van der Waals surface area contributed by atoms with Crippen LogP contribution in [0.4, 0.5) is 4.39 Å². The zero-order valence-corrected chi connectivity index (χ0v) is 30.2. The van der Waals surface area contributed by atoms with Crippen molar-refractivity contribution in [1.82, 2.24) is 25.1 Å². The molecule has 2 aromatic carbocycles. The fraction of sp³-hybridized carbons (Fsp3) is 0.359. The van der Waals surface area contributed by atoms with Crippen molar-refractivity contribution in [1.29, 1.82) is 0 Å². The van der Waals surface area contributed by atoms with Crippen LogP contribution in [0.15, 0.2) is 47.3 Å². The molecule has 3 aliphatic rings. The average Bonchev–Trinajstić information content (AvgIpc) is 3.55. The van der Waals surface area contributed by atoms with Gasteiger partial charge in [0.15, 0.2) is 5.60 Å². The number of pyridine rings is 2. The van der Waals surface area contributed by atoms with Gasteiger partial charge in [0.05, 0.1) is 54.7 Å². The molecule has 0 saturated carbocycles. The summed E-state index contributed by atoms with van der Waals surface area (Å²) in [7, 11) is 0. The maximum absolute atomic E-state index is 15.5. The summed E-state index contributed by atoms with van der Waals surface area (Å²) in [5, 5.41) is 17.1. The Hall–Kier alpha value is -6.00. The number of amides is 4. The van der Waals surface area contributed by atoms with Crippen molar-refractivity contribution in [3.8, 4) is 11.4 Å². The quantitative estimate of drug-likeness (QED) is 0.118. The molecule has 0 radical (unpaired) electrons. The number of hydrogen-bond acceptors (Lipinski definition) is 10. The van der Waals surface area contributed by atoms with Gasteiger partial charge >= 0.3 is 5.97 Å². The number of carbonyl (C=O) groups excluding carboxylic acids is 5. The number of benzene rings is 2. The highest BCUT2D eigenvalue weighted by molar-refractivity contribution is 5.96. The molecule has 4 heterocycles. The Morgan fingerprint density at radius 3 is 2.56 bits per heavy atom. The number of nitrogens with two attached hydrogens (primary N) is 2. The number of aliphatic hydroxyl groups is 1. The van der Waals surface area contributed by atoms with Gasteiger partial charge in [-0.2, -0.15) is 0 Å². The summed E-state index contributed by atoms with van der Waals surface area (Å²) in [6.07, 6.45) is 0.480. The van der Waals surface area contributed by atoms with Gasteiger partial charge < -0.3 is 41.4 Å². The zero-order chi connectivity index (χ0) is 39.3. The number of carbonyl (C=O) groups is 5. The molecule has 2 aliphatic heterocycles. The molecule has 0 bridgehead atoms. The van der Waals surface area contributed by atoms with Crippen LogP contribution in [0.1, 0.15) is 64.8 Å². The number of aryl methyl sites for hydroxylation is 1. The van der Waals surface area contributed by atoms with Crippen molar-refractivity contribution >= 4 is 40.5 Å². The largest absolute Gasteiger partial charge is 0.458 e. The van der Waals surface area contributed by atoms with Crippen LogP contribution in [0.5, 0.6) is 0 Å². The maximum Gasteiger partial charge on any atom is 0.343 e. The van der Waals surface area contributed by atoms with Gasteiger partial charge in [0.2, 0.25) is 23.6 Å². The maximum atomic E-state index is 15.5. The van der Waals surface area contributed by atoms with E-state index in [1.54, 1.807) is 50.2 Å². The molecule has 0 unspecified atom stereocenters. The number of ether oxygens (including phenoxy) is 1. The highest BCUT2D eigenvalue weighted by Gasteiger charge is 2.46. The standard InChI is InChI=1S/C39H40FN7O8/c1-3-39(54)24-12-29-35-22(16-46(29)36(51)23(24)18-55-38(39)53)34-28(10-9-21-19(2)25(40)13-26(45-35)33(21)34)47(17-30(42)48)37(52)27(11-20-7-5-4-6-8-20)44-32(50)15-43-31(49)14-41/h4-8,12-13,27-28,54H,3,9-11,14-18,41H2,1-2H3,(H2,42,48)(H,43,49)(H,44,50)/t27-,28-,39-/m0/s1. The second-order valence-corrected chi connectivity index (χ2v) is 14.1. The van der Waals surface area contributed by atoms with E-state index in [4.69, 9.17) is 21.2 Å². The van der Waals surface area contributed by atoms with Crippen molar-refractivity contribution in [2.24, 2.45) is 11.5 Å². The Morgan fingerprint density at radius 2 is 1.87 bits per heavy atom. The molecule has 2 aromatic heterocycles. The van der Waals surface area contributed by atoms with Crippen LogP contribution in [0.2, 0.25) is 0 Å². The van der Waals surface area contributed by atoms with Crippen LogP contribution in [0.25, 0.3) is 22.3 Å². The van der Waals surface area contributed by atoms with Crippen LogP contribution >= 0.6 is 0 Å². The molecule has 16 heteroatoms. The summed E-state index contributed by atoms with van der Waals surface area (Å²) in [6.45, 7) is 1.54. The molecule has 1 aliphatic carbocycles. The molecule has 7 rings (SSSR count). The van der Waals surface area contributed by atoms with Crippen LogP contribution in [0, 0.1) is 12.7 Å². The molecule has 4 amide bonds. The molecular formula is C39H40FN7O8. The molecule has 0 fully saturated rings. The van der Waals surface area contributed by atoms with Crippen LogP contribution in [0.3, 0.4) is 0 Å². The van der Waals surface area contributed by atoms with E-state index < -0.39 is 71.7 Å². The Bertz CT molecular complexity index is 2360. The minimum Gasteiger partial charge on any atom is -0.458 e. The Labute approximate surface area is 313 Å². The topological polar surface area (TPSA) is 229 Å². The van der Waals surface area contributed by atoms with E-state index in [1.165, 1.54) is 15.5 Å². The highest BCUT2D eigenvalue weighted by Crippen LogP contribution is 2.47. The van der Waals surface area contributed by atoms with Crippen molar-refractivity contribution < 1.29 is 38.2 Å². The van der Waals surface area contributed by atoms with E-state index in [-0.39, 0.29) is 67.0 Å². The van der Waals surface area contributed by atoms with E-state index in [9.17, 15) is 33.9 Å². The number of nitrogens with one attached hydrogen (secondary N) is 2. The predicted molar refractivity (Wildman–Crippen MR) is 195 cm³/mol. The molecule has 55 heavy (non-hydrogen) atoms. The van der Waals surface area contributed by atoms with Crippen LogP contribution in [-0.2, 0) is 60.3 Å². The SMILES string of the molecule is CC[C@@]1(O)C(=O)OCc2c1cc1n(c2=O)Cc2c-1nc1cc(F)c(C)c3c1c2[C@@H](N(CC(N)=O)C(=O)[C@H](Cc1ccccc1)NC(=O)CNC(=O)CN)CC3. The molecule has 7 N–H and O–H groups in total. The number of fused-ring (bicyclic) bond motifs is 5. The number of nitrogens with zero attached hydrogens (tertiary/aromatic N) is 3. The fourth-order valence-electron chi connectivity index (χ4n) is 8.10. The van der Waals surface area contributed by atoms with E-state index >= 15 is 4.39 Å². The summed E-state index contributed by atoms with van der Waals surface area (Å²) in [5.41, 5.74) is 12.4. The van der Waals surface area contributed by atoms with Gasteiger partial charge in [0, 0.05) is 29.0 Å². The summed E-state index contributed by atoms with van der Waals surface area (Å²) in [4.78, 5) is 85.6. The van der Waals surface area contributed by atoms with Crippen molar-refractivity contribution in [2.45, 2.75) is 70.4 Å². The first-order chi connectivity index (χ1) is 26.3. The Balaban J connectivity index is 1.39. The molecule has 286 valence electrons. The Morgan fingerprint density at radius 1 is 1.13 bits per heavy atom. The molecule has 3 atom stereocenters. The van der Waals surface area contributed by atoms with Gasteiger partial charge in [-0.25, -0.2) is 14.2 Å². The fourth-order valence-corrected chi connectivity index (χ4v) is 8.10. The Kier molecular flexibility index (Phi) is 9.73. The second-order valence-electron chi connectivity index (χ2n) is 14.1. The molecule has 15 nitrogen and oxygen atoms in total. The summed E-state index contributed by atoms with van der Waals surface area (Å²) in [6, 6.07) is 9.66. The highest BCUT2D eigenvalue weighted by atomic mass is 19.1. The molecule has 0 spiro atoms. The van der Waals surface area contributed by atoms with Gasteiger partial charge in [-0.05, 0) is 54.5 Å². The minimum absolute atomic E-state index is 0.0243. The van der Waals surface area contributed by atoms with Crippen LogP contribution in [-0.4, -0.2) is 74.8 Å². The van der Waals surface area contributed by atoms with Gasteiger partial charge in [-0.15, -0.1) is 0 Å². The lowest BCUT2D eigenvalue weighted by molar-refractivity contribution is -0.172. The average molecular weight is 754 g/mol. The number of esters is 1. The number of hydrogen-bond donors (Lipinski definition) is 5. The van der Waals surface area contributed by atoms with E-state index in [0.29, 0.717) is 39.6 Å². The lowest BCUT2D eigenvalue weighted by atomic mass is 9.80. The molecular weight excluding hydrogens is 713 g/mol. The number of cyclic esters (lactones) is 1.